The number of ether oxygens (including phenoxy) is 2. The van der Waals surface area contributed by atoms with Gasteiger partial charge in [-0.15, -0.1) is 5.10 Å². The van der Waals surface area contributed by atoms with Crippen LogP contribution in [0.15, 0.2) is 42.5 Å². The van der Waals surface area contributed by atoms with Gasteiger partial charge in [0.05, 0.1) is 34.6 Å². The first-order valence-corrected chi connectivity index (χ1v) is 13.7. The van der Waals surface area contributed by atoms with E-state index in [0.717, 1.165) is 41.8 Å². The van der Waals surface area contributed by atoms with E-state index in [1.165, 1.54) is 12.1 Å². The molecule has 2 aromatic carbocycles. The van der Waals surface area contributed by atoms with Gasteiger partial charge in [0.2, 0.25) is 5.88 Å². The third-order valence-electron chi connectivity index (χ3n) is 6.26. The molecule has 1 fully saturated rings. The number of benzene rings is 2. The third-order valence-corrected chi connectivity index (χ3v) is 7.81. The second-order valence-corrected chi connectivity index (χ2v) is 10.6. The van der Waals surface area contributed by atoms with Crippen LogP contribution in [0.4, 0.5) is 9.18 Å². The van der Waals surface area contributed by atoms with Crippen molar-refractivity contribution in [3.63, 3.8) is 0 Å². The third kappa shape index (κ3) is 5.81. The largest absolute Gasteiger partial charge is 0.428 e. The number of methoxy groups -OCH3 is 1. The summed E-state index contributed by atoms with van der Waals surface area (Å²) in [6.45, 7) is 1.24. The Bertz CT molecular complexity index is 1330. The average Bonchev–Trinajstić information content (AvgIpc) is 3.46. The van der Waals surface area contributed by atoms with E-state index in [9.17, 15) is 9.18 Å². The lowest BCUT2D eigenvalue weighted by molar-refractivity contribution is 0.0811. The first-order chi connectivity index (χ1) is 17.9. The molecule has 5 rings (SSSR count). The molecule has 1 atom stereocenters. The monoisotopic (exact) mass is 562 g/mol. The molecule has 1 amide bonds. The molecule has 2 aliphatic rings. The lowest BCUT2D eigenvalue weighted by Gasteiger charge is -2.23. The smallest absolute Gasteiger partial charge is 0.388 e. The second kappa shape index (κ2) is 11.4. The fourth-order valence-corrected chi connectivity index (χ4v) is 6.07. The number of carbonyl (C=O) groups is 1. The molecule has 2 aliphatic heterocycles. The number of fused-ring (bicyclic) bond motifs is 1. The first-order valence-electron chi connectivity index (χ1n) is 11.8. The number of nitrogens with one attached hydrogen (secondary N) is 1. The Hall–Kier alpha value is -2.56. The molecule has 1 N–H and O–H groups in total. The minimum atomic E-state index is -0.614. The van der Waals surface area contributed by atoms with Crippen LogP contribution < -0.4 is 10.2 Å². The van der Waals surface area contributed by atoms with Crippen molar-refractivity contribution in [2.24, 2.45) is 0 Å². The number of hydrazine groups is 1. The van der Waals surface area contributed by atoms with Crippen molar-refractivity contribution in [2.45, 2.75) is 24.6 Å². The van der Waals surface area contributed by atoms with E-state index in [1.54, 1.807) is 53.9 Å². The number of nitrogens with zero attached hydrogens (tertiary/aromatic N) is 3. The first kappa shape index (κ1) is 26.1. The Kier molecular flexibility index (Phi) is 8.07. The normalized spacial score (nSPS) is 18.7. The number of aromatic nitrogens is 2. The second-order valence-electron chi connectivity index (χ2n) is 8.80. The minimum absolute atomic E-state index is 0.0951. The van der Waals surface area contributed by atoms with Crippen molar-refractivity contribution in [1.29, 1.82) is 0 Å². The number of halogens is 3. The van der Waals surface area contributed by atoms with Gasteiger partial charge in [-0.25, -0.2) is 18.9 Å². The molecule has 194 valence electrons. The minimum Gasteiger partial charge on any atom is -0.388 e. The summed E-state index contributed by atoms with van der Waals surface area (Å²) in [7, 11) is 1.64. The molecule has 0 bridgehead atoms. The van der Waals surface area contributed by atoms with Gasteiger partial charge in [0.15, 0.2) is 0 Å². The molecular formula is C26H25Cl2FN4O3S. The number of amides is 1. The van der Waals surface area contributed by atoms with E-state index >= 15 is 0 Å². The number of hydrogen-bond acceptors (Lipinski definition) is 6. The maximum Gasteiger partial charge on any atom is 0.428 e. The van der Waals surface area contributed by atoms with Gasteiger partial charge in [-0.2, -0.15) is 11.8 Å². The summed E-state index contributed by atoms with van der Waals surface area (Å²) >= 11 is 14.4. The predicted octanol–water partition coefficient (Wildman–Crippen LogP) is 6.22. The van der Waals surface area contributed by atoms with Crippen LogP contribution in [0.5, 0.6) is 5.88 Å². The van der Waals surface area contributed by atoms with Crippen LogP contribution in [0.2, 0.25) is 10.0 Å². The van der Waals surface area contributed by atoms with Crippen molar-refractivity contribution in [1.82, 2.24) is 20.2 Å². The van der Waals surface area contributed by atoms with Gasteiger partial charge in [-0.3, -0.25) is 5.43 Å². The summed E-state index contributed by atoms with van der Waals surface area (Å²) < 4.78 is 26.2. The Morgan fingerprint density at radius 2 is 2.05 bits per heavy atom. The number of thioether (sulfide) groups is 1. The van der Waals surface area contributed by atoms with Gasteiger partial charge >= 0.3 is 6.09 Å². The summed E-state index contributed by atoms with van der Waals surface area (Å²) in [5.74, 6) is 1.20. The van der Waals surface area contributed by atoms with Gasteiger partial charge in [-0.05, 0) is 60.4 Å². The van der Waals surface area contributed by atoms with Crippen LogP contribution in [0.1, 0.15) is 29.7 Å². The summed E-state index contributed by atoms with van der Waals surface area (Å²) in [5, 5.41) is 7.43. The predicted molar refractivity (Wildman–Crippen MR) is 145 cm³/mol. The molecular weight excluding hydrogens is 538 g/mol. The van der Waals surface area contributed by atoms with Gasteiger partial charge in [0.1, 0.15) is 5.82 Å². The van der Waals surface area contributed by atoms with Crippen molar-refractivity contribution in [3.8, 4) is 11.6 Å². The summed E-state index contributed by atoms with van der Waals surface area (Å²) in [6, 6.07) is 11.5. The van der Waals surface area contributed by atoms with Crippen LogP contribution in [-0.4, -0.2) is 52.9 Å². The van der Waals surface area contributed by atoms with Crippen molar-refractivity contribution in [3.05, 3.63) is 75.1 Å². The number of rotatable bonds is 6. The van der Waals surface area contributed by atoms with E-state index in [-0.39, 0.29) is 17.7 Å². The Labute approximate surface area is 228 Å². The van der Waals surface area contributed by atoms with Crippen LogP contribution >= 0.6 is 35.0 Å². The standard InChI is InChI=1S/C26H25Cl2FN4O3S/c1-35-13-20-3-2-10-32(20)31-26(34)36-25-21-15-37-14-17(11-16-4-7-19(29)8-5-16)24(21)33(30-25)23-9-6-18(27)12-22(23)28/h4-9,11-12,20H,2-3,10,13-15H2,1H3,(H,31,34)/b17-11+/t20-/m0/s1. The molecule has 0 unspecified atom stereocenters. The van der Waals surface area contributed by atoms with Crippen LogP contribution in [-0.2, 0) is 10.5 Å². The topological polar surface area (TPSA) is 68.6 Å². The number of carbonyl (C=O) groups excluding carboxylic acids is 1. The lowest BCUT2D eigenvalue weighted by Crippen LogP contribution is -2.47. The molecule has 0 radical (unpaired) electrons. The number of hydrogen-bond donors (Lipinski definition) is 1. The zero-order chi connectivity index (χ0) is 25.9. The summed E-state index contributed by atoms with van der Waals surface area (Å²) in [5.41, 5.74) is 6.80. The molecule has 0 spiro atoms. The van der Waals surface area contributed by atoms with Crippen LogP contribution in [0.3, 0.4) is 0 Å². The highest BCUT2D eigenvalue weighted by Crippen LogP contribution is 2.41. The molecule has 7 nitrogen and oxygen atoms in total. The van der Waals surface area contributed by atoms with Crippen molar-refractivity contribution >= 4 is 52.7 Å². The SMILES string of the molecule is COC[C@@H]1CCCN1NC(=O)Oc1nn(-c2ccc(Cl)cc2Cl)c2c1CSC/C2=C\c1ccc(F)cc1. The maximum absolute atomic E-state index is 13.5. The highest BCUT2D eigenvalue weighted by molar-refractivity contribution is 7.99. The molecule has 1 aromatic heterocycles. The molecule has 37 heavy (non-hydrogen) atoms. The molecule has 0 saturated carbocycles. The van der Waals surface area contributed by atoms with Crippen LogP contribution in [0.25, 0.3) is 17.3 Å². The van der Waals surface area contributed by atoms with Gasteiger partial charge in [0.25, 0.3) is 0 Å². The quantitative estimate of drug-likeness (QED) is 0.384. The van der Waals surface area contributed by atoms with Crippen molar-refractivity contribution < 1.29 is 18.7 Å². The molecule has 11 heteroatoms. The van der Waals surface area contributed by atoms with Gasteiger partial charge in [-0.1, -0.05) is 35.3 Å². The Morgan fingerprint density at radius 3 is 2.81 bits per heavy atom. The fourth-order valence-electron chi connectivity index (χ4n) is 4.58. The molecule has 1 saturated heterocycles. The highest BCUT2D eigenvalue weighted by atomic mass is 35.5. The van der Waals surface area contributed by atoms with E-state index in [0.29, 0.717) is 33.8 Å². The van der Waals surface area contributed by atoms with Crippen molar-refractivity contribution in [2.75, 3.05) is 26.0 Å². The van der Waals surface area contributed by atoms with Gasteiger partial charge in [0, 0.05) is 30.2 Å². The summed E-state index contributed by atoms with van der Waals surface area (Å²) in [4.78, 5) is 12.9. The van der Waals surface area contributed by atoms with E-state index in [1.807, 2.05) is 11.1 Å². The van der Waals surface area contributed by atoms with Gasteiger partial charge < -0.3 is 9.47 Å². The average molecular weight is 563 g/mol. The molecule has 3 aromatic rings. The Balaban J connectivity index is 1.52. The van der Waals surface area contributed by atoms with E-state index in [4.69, 9.17) is 32.7 Å². The van der Waals surface area contributed by atoms with Crippen LogP contribution in [0, 0.1) is 5.82 Å². The maximum atomic E-state index is 13.5. The summed E-state index contributed by atoms with van der Waals surface area (Å²) in [6.07, 6.45) is 3.26. The lowest BCUT2D eigenvalue weighted by atomic mass is 10.1. The zero-order valence-electron chi connectivity index (χ0n) is 20.0. The molecule has 0 aliphatic carbocycles. The van der Waals surface area contributed by atoms with E-state index < -0.39 is 6.09 Å². The Morgan fingerprint density at radius 1 is 1.24 bits per heavy atom. The van der Waals surface area contributed by atoms with E-state index in [2.05, 4.69) is 10.5 Å². The highest BCUT2D eigenvalue weighted by Gasteiger charge is 2.30. The zero-order valence-corrected chi connectivity index (χ0v) is 22.4. The molecule has 3 heterocycles. The fraction of sp³-hybridized carbons (Fsp3) is 0.308.